The summed E-state index contributed by atoms with van der Waals surface area (Å²) < 4.78 is 0. The zero-order chi connectivity index (χ0) is 15.7. The standard InChI is InChI=1S/C16H21N3O3/c1-17-9-2-3-13(17)8-10-18-15-6-5-14(19(21)22)11-12(15)4-7-16(18)20/h5-6,11,13H,2-4,7-10H2,1H3. The number of nitro groups is 1. The minimum absolute atomic E-state index is 0.101. The number of rotatable bonds is 4. The zero-order valence-electron chi connectivity index (χ0n) is 12.8. The maximum atomic E-state index is 12.2. The number of hydrogen-bond donors (Lipinski definition) is 0. The summed E-state index contributed by atoms with van der Waals surface area (Å²) in [7, 11) is 2.13. The van der Waals surface area contributed by atoms with E-state index in [9.17, 15) is 14.9 Å². The van der Waals surface area contributed by atoms with Crippen molar-refractivity contribution in [3.05, 3.63) is 33.9 Å². The number of likely N-dealkylation sites (tertiary alicyclic amines) is 1. The van der Waals surface area contributed by atoms with Gasteiger partial charge in [-0.05, 0) is 50.9 Å². The van der Waals surface area contributed by atoms with Gasteiger partial charge in [0.05, 0.1) is 4.92 Å². The molecule has 2 heterocycles. The Labute approximate surface area is 129 Å². The topological polar surface area (TPSA) is 66.7 Å². The van der Waals surface area contributed by atoms with E-state index in [0.29, 0.717) is 25.4 Å². The maximum absolute atomic E-state index is 12.2. The molecular formula is C16H21N3O3. The molecule has 0 radical (unpaired) electrons. The normalized spacial score (nSPS) is 22.0. The lowest BCUT2D eigenvalue weighted by molar-refractivity contribution is -0.384. The first-order chi connectivity index (χ1) is 10.6. The van der Waals surface area contributed by atoms with Crippen LogP contribution in [0, 0.1) is 10.1 Å². The van der Waals surface area contributed by atoms with Crippen molar-refractivity contribution in [3.8, 4) is 0 Å². The number of carbonyl (C=O) groups excluding carboxylic acids is 1. The predicted molar refractivity (Wildman–Crippen MR) is 84.0 cm³/mol. The Hall–Kier alpha value is -1.95. The van der Waals surface area contributed by atoms with Gasteiger partial charge in [-0.2, -0.15) is 0 Å². The summed E-state index contributed by atoms with van der Waals surface area (Å²) in [6.07, 6.45) is 4.40. The Morgan fingerprint density at radius 2 is 2.18 bits per heavy atom. The summed E-state index contributed by atoms with van der Waals surface area (Å²) in [6, 6.07) is 5.36. The van der Waals surface area contributed by atoms with Gasteiger partial charge in [-0.1, -0.05) is 0 Å². The lowest BCUT2D eigenvalue weighted by atomic mass is 9.99. The van der Waals surface area contributed by atoms with Gasteiger partial charge in [0.2, 0.25) is 5.91 Å². The van der Waals surface area contributed by atoms with Crippen molar-refractivity contribution in [2.75, 3.05) is 25.0 Å². The number of non-ortho nitro benzene ring substituents is 1. The second-order valence-electron chi connectivity index (χ2n) is 6.18. The third-order valence-corrected chi connectivity index (χ3v) is 4.83. The molecule has 1 atom stereocenters. The molecule has 1 unspecified atom stereocenters. The van der Waals surface area contributed by atoms with Gasteiger partial charge in [0.15, 0.2) is 0 Å². The maximum Gasteiger partial charge on any atom is 0.269 e. The number of aryl methyl sites for hydroxylation is 1. The Kier molecular flexibility index (Phi) is 4.11. The van der Waals surface area contributed by atoms with Crippen LogP contribution in [0.5, 0.6) is 0 Å². The fourth-order valence-electron chi connectivity index (χ4n) is 3.53. The van der Waals surface area contributed by atoms with Crippen LogP contribution in [-0.2, 0) is 11.2 Å². The van der Waals surface area contributed by atoms with Gasteiger partial charge in [0, 0.05) is 36.8 Å². The molecule has 0 aromatic heterocycles. The van der Waals surface area contributed by atoms with Crippen molar-refractivity contribution in [1.29, 1.82) is 0 Å². The molecule has 0 N–H and O–H groups in total. The van der Waals surface area contributed by atoms with Crippen molar-refractivity contribution in [1.82, 2.24) is 4.90 Å². The van der Waals surface area contributed by atoms with E-state index >= 15 is 0 Å². The van der Waals surface area contributed by atoms with Crippen LogP contribution >= 0.6 is 0 Å². The third kappa shape index (κ3) is 2.83. The van der Waals surface area contributed by atoms with Crippen LogP contribution in [0.4, 0.5) is 11.4 Å². The largest absolute Gasteiger partial charge is 0.312 e. The lowest BCUT2D eigenvalue weighted by Crippen LogP contribution is -2.38. The average Bonchev–Trinajstić information content (AvgIpc) is 2.91. The molecule has 1 fully saturated rings. The van der Waals surface area contributed by atoms with Crippen LogP contribution in [0.25, 0.3) is 0 Å². The highest BCUT2D eigenvalue weighted by atomic mass is 16.6. The zero-order valence-corrected chi connectivity index (χ0v) is 12.8. The van der Waals surface area contributed by atoms with Crippen molar-refractivity contribution >= 4 is 17.3 Å². The molecule has 1 saturated heterocycles. The molecule has 2 aliphatic rings. The van der Waals surface area contributed by atoms with E-state index in [4.69, 9.17) is 0 Å². The van der Waals surface area contributed by atoms with Gasteiger partial charge < -0.3 is 9.80 Å². The minimum Gasteiger partial charge on any atom is -0.312 e. The third-order valence-electron chi connectivity index (χ3n) is 4.83. The minimum atomic E-state index is -0.380. The monoisotopic (exact) mass is 303 g/mol. The number of hydrogen-bond acceptors (Lipinski definition) is 4. The molecule has 6 nitrogen and oxygen atoms in total. The molecule has 0 saturated carbocycles. The van der Waals surface area contributed by atoms with Gasteiger partial charge in [0.1, 0.15) is 0 Å². The molecule has 3 rings (SSSR count). The van der Waals surface area contributed by atoms with E-state index in [1.807, 2.05) is 4.90 Å². The summed E-state index contributed by atoms with van der Waals surface area (Å²) in [5, 5.41) is 10.9. The molecule has 118 valence electrons. The molecule has 0 bridgehead atoms. The van der Waals surface area contributed by atoms with Crippen LogP contribution in [0.1, 0.15) is 31.2 Å². The molecule has 0 aliphatic carbocycles. The van der Waals surface area contributed by atoms with E-state index in [0.717, 1.165) is 24.2 Å². The van der Waals surface area contributed by atoms with Crippen LogP contribution < -0.4 is 4.90 Å². The van der Waals surface area contributed by atoms with E-state index in [1.165, 1.54) is 18.9 Å². The van der Waals surface area contributed by atoms with Crippen LogP contribution in [0.2, 0.25) is 0 Å². The predicted octanol–water partition coefficient (Wildman–Crippen LogP) is 2.36. The number of benzene rings is 1. The van der Waals surface area contributed by atoms with Crippen LogP contribution in [0.15, 0.2) is 18.2 Å². The first-order valence-electron chi connectivity index (χ1n) is 7.84. The summed E-state index contributed by atoms with van der Waals surface area (Å²) in [5.41, 5.74) is 1.86. The fraction of sp³-hybridized carbons (Fsp3) is 0.562. The lowest BCUT2D eigenvalue weighted by Gasteiger charge is -2.31. The Morgan fingerprint density at radius 1 is 1.36 bits per heavy atom. The Morgan fingerprint density at radius 3 is 2.86 bits per heavy atom. The number of nitrogens with zero attached hydrogens (tertiary/aromatic N) is 3. The number of amides is 1. The number of anilines is 1. The van der Waals surface area contributed by atoms with Gasteiger partial charge in [-0.15, -0.1) is 0 Å². The second-order valence-corrected chi connectivity index (χ2v) is 6.18. The smallest absolute Gasteiger partial charge is 0.269 e. The first-order valence-corrected chi connectivity index (χ1v) is 7.84. The fourth-order valence-corrected chi connectivity index (χ4v) is 3.53. The van der Waals surface area contributed by atoms with Gasteiger partial charge in [0.25, 0.3) is 5.69 Å². The summed E-state index contributed by atoms with van der Waals surface area (Å²) in [6.45, 7) is 1.82. The first kappa shape index (κ1) is 15.0. The Bertz CT molecular complexity index is 602. The van der Waals surface area contributed by atoms with Crippen LogP contribution in [-0.4, -0.2) is 41.9 Å². The molecule has 6 heteroatoms. The number of carbonyl (C=O) groups is 1. The van der Waals surface area contributed by atoms with E-state index in [2.05, 4.69) is 11.9 Å². The van der Waals surface area contributed by atoms with Gasteiger partial charge >= 0.3 is 0 Å². The molecule has 1 amide bonds. The summed E-state index contributed by atoms with van der Waals surface area (Å²) >= 11 is 0. The van der Waals surface area contributed by atoms with Gasteiger partial charge in [-0.25, -0.2) is 0 Å². The molecule has 0 spiro atoms. The SMILES string of the molecule is CN1CCCC1CCN1C(=O)CCc2cc([N+](=O)[O-])ccc21. The number of nitro benzene ring substituents is 1. The summed E-state index contributed by atoms with van der Waals surface area (Å²) in [4.78, 5) is 26.9. The van der Waals surface area contributed by atoms with Crippen molar-refractivity contribution in [2.24, 2.45) is 0 Å². The second kappa shape index (κ2) is 6.04. The molecular weight excluding hydrogens is 282 g/mol. The van der Waals surface area contributed by atoms with E-state index in [1.54, 1.807) is 12.1 Å². The highest BCUT2D eigenvalue weighted by molar-refractivity contribution is 5.96. The van der Waals surface area contributed by atoms with Crippen molar-refractivity contribution in [2.45, 2.75) is 38.1 Å². The van der Waals surface area contributed by atoms with Crippen molar-refractivity contribution < 1.29 is 9.72 Å². The number of fused-ring (bicyclic) bond motifs is 1. The molecule has 1 aromatic rings. The molecule has 1 aromatic carbocycles. The Balaban J connectivity index is 1.77. The molecule has 2 aliphatic heterocycles. The van der Waals surface area contributed by atoms with Crippen molar-refractivity contribution in [3.63, 3.8) is 0 Å². The quantitative estimate of drug-likeness (QED) is 0.632. The van der Waals surface area contributed by atoms with E-state index < -0.39 is 0 Å². The highest BCUT2D eigenvalue weighted by Crippen LogP contribution is 2.31. The average molecular weight is 303 g/mol. The molecule has 22 heavy (non-hydrogen) atoms. The summed E-state index contributed by atoms with van der Waals surface area (Å²) in [5.74, 6) is 0.127. The highest BCUT2D eigenvalue weighted by Gasteiger charge is 2.28. The van der Waals surface area contributed by atoms with E-state index in [-0.39, 0.29) is 16.5 Å². The van der Waals surface area contributed by atoms with Crippen LogP contribution in [0.3, 0.4) is 0 Å². The van der Waals surface area contributed by atoms with Gasteiger partial charge in [-0.3, -0.25) is 14.9 Å².